The third-order valence-electron chi connectivity index (χ3n) is 3.68. The number of fused-ring (bicyclic) bond motifs is 1. The van der Waals surface area contributed by atoms with Crippen LogP contribution in [0.25, 0.3) is 10.9 Å². The Morgan fingerprint density at radius 3 is 2.75 bits per heavy atom. The molecule has 0 bridgehead atoms. The summed E-state index contributed by atoms with van der Waals surface area (Å²) in [5.74, 6) is 1.53. The maximum Gasteiger partial charge on any atom is 0.224 e. The number of hydrogen-bond donors (Lipinski definition) is 1. The Labute approximate surface area is 125 Å². The van der Waals surface area contributed by atoms with Crippen molar-refractivity contribution < 1.29 is 0 Å². The summed E-state index contributed by atoms with van der Waals surface area (Å²) >= 11 is 5.99. The van der Waals surface area contributed by atoms with Crippen molar-refractivity contribution in [1.29, 1.82) is 0 Å². The van der Waals surface area contributed by atoms with E-state index in [4.69, 9.17) is 11.6 Å². The number of nitrogens with zero attached hydrogens (tertiary/aromatic N) is 2. The van der Waals surface area contributed by atoms with E-state index in [9.17, 15) is 0 Å². The van der Waals surface area contributed by atoms with Crippen LogP contribution in [-0.2, 0) is 0 Å². The van der Waals surface area contributed by atoms with Gasteiger partial charge in [-0.3, -0.25) is 0 Å². The Hall–Kier alpha value is -1.35. The largest absolute Gasteiger partial charge is 0.369 e. The number of halogens is 1. The second-order valence-corrected chi connectivity index (χ2v) is 5.49. The average molecular weight is 292 g/mol. The first kappa shape index (κ1) is 15.0. The maximum atomic E-state index is 5.99. The third kappa shape index (κ3) is 3.83. The van der Waals surface area contributed by atoms with Crippen LogP contribution in [0.4, 0.5) is 5.82 Å². The molecule has 3 nitrogen and oxygen atoms in total. The molecule has 0 saturated carbocycles. The zero-order valence-electron chi connectivity index (χ0n) is 12.2. The summed E-state index contributed by atoms with van der Waals surface area (Å²) in [7, 11) is 0. The molecule has 1 atom stereocenters. The van der Waals surface area contributed by atoms with Gasteiger partial charge in [-0.25, -0.2) is 9.97 Å². The van der Waals surface area contributed by atoms with E-state index >= 15 is 0 Å². The lowest BCUT2D eigenvalue weighted by atomic mass is 9.99. The first-order valence-electron chi connectivity index (χ1n) is 7.40. The Balaban J connectivity index is 2.12. The van der Waals surface area contributed by atoms with E-state index in [1.165, 1.54) is 25.7 Å². The number of rotatable bonds is 7. The van der Waals surface area contributed by atoms with Gasteiger partial charge in [-0.15, -0.1) is 0 Å². The van der Waals surface area contributed by atoms with Crippen molar-refractivity contribution in [3.05, 3.63) is 29.5 Å². The molecule has 1 aromatic heterocycles. The van der Waals surface area contributed by atoms with Crippen molar-refractivity contribution >= 4 is 28.3 Å². The molecule has 4 heteroatoms. The van der Waals surface area contributed by atoms with Gasteiger partial charge >= 0.3 is 0 Å². The molecule has 1 unspecified atom stereocenters. The SMILES string of the molecule is CCCCC(CC)CNc1nc(Cl)nc2ccccc12. The van der Waals surface area contributed by atoms with Crippen LogP contribution in [0, 0.1) is 5.92 Å². The minimum Gasteiger partial charge on any atom is -0.369 e. The topological polar surface area (TPSA) is 37.8 Å². The van der Waals surface area contributed by atoms with Gasteiger partial charge in [0, 0.05) is 11.9 Å². The molecule has 0 aliphatic carbocycles. The summed E-state index contributed by atoms with van der Waals surface area (Å²) in [5.41, 5.74) is 0.886. The Morgan fingerprint density at radius 1 is 1.20 bits per heavy atom. The van der Waals surface area contributed by atoms with E-state index in [0.29, 0.717) is 11.2 Å². The Kier molecular flexibility index (Phi) is 5.60. The molecule has 20 heavy (non-hydrogen) atoms. The lowest BCUT2D eigenvalue weighted by Gasteiger charge is -2.16. The van der Waals surface area contributed by atoms with Gasteiger partial charge in [0.2, 0.25) is 5.28 Å². The average Bonchev–Trinajstić information content (AvgIpc) is 2.47. The molecule has 0 aliphatic rings. The van der Waals surface area contributed by atoms with Crippen LogP contribution in [0.2, 0.25) is 5.28 Å². The highest BCUT2D eigenvalue weighted by molar-refractivity contribution is 6.28. The van der Waals surface area contributed by atoms with Gasteiger partial charge in [0.15, 0.2) is 0 Å². The molecule has 108 valence electrons. The van der Waals surface area contributed by atoms with Crippen molar-refractivity contribution in [1.82, 2.24) is 9.97 Å². The molecule has 2 aromatic rings. The maximum absolute atomic E-state index is 5.99. The minimum absolute atomic E-state index is 0.299. The van der Waals surface area contributed by atoms with Crippen LogP contribution in [0.3, 0.4) is 0 Å². The molecule has 1 heterocycles. The van der Waals surface area contributed by atoms with Crippen LogP contribution in [0.15, 0.2) is 24.3 Å². The van der Waals surface area contributed by atoms with E-state index in [1.54, 1.807) is 0 Å². The first-order valence-corrected chi connectivity index (χ1v) is 7.78. The highest BCUT2D eigenvalue weighted by Crippen LogP contribution is 2.22. The van der Waals surface area contributed by atoms with Crippen molar-refractivity contribution in [3.63, 3.8) is 0 Å². The zero-order valence-corrected chi connectivity index (χ0v) is 13.0. The fraction of sp³-hybridized carbons (Fsp3) is 0.500. The normalized spacial score (nSPS) is 12.6. The fourth-order valence-corrected chi connectivity index (χ4v) is 2.54. The molecule has 0 saturated heterocycles. The van der Waals surface area contributed by atoms with Gasteiger partial charge in [-0.05, 0) is 36.1 Å². The summed E-state index contributed by atoms with van der Waals surface area (Å²) in [6.07, 6.45) is 4.98. The van der Waals surface area contributed by atoms with Crippen molar-refractivity contribution in [2.75, 3.05) is 11.9 Å². The second kappa shape index (κ2) is 7.44. The predicted molar refractivity (Wildman–Crippen MR) is 86.3 cm³/mol. The molecule has 0 radical (unpaired) electrons. The van der Waals surface area contributed by atoms with E-state index in [0.717, 1.165) is 23.3 Å². The molecular weight excluding hydrogens is 270 g/mol. The van der Waals surface area contributed by atoms with Crippen molar-refractivity contribution in [3.8, 4) is 0 Å². The minimum atomic E-state index is 0.299. The van der Waals surface area contributed by atoms with Gasteiger partial charge in [0.25, 0.3) is 0 Å². The quantitative estimate of drug-likeness (QED) is 0.736. The number of nitrogens with one attached hydrogen (secondary N) is 1. The summed E-state index contributed by atoms with van der Waals surface area (Å²) < 4.78 is 0. The van der Waals surface area contributed by atoms with Gasteiger partial charge < -0.3 is 5.32 Å². The van der Waals surface area contributed by atoms with Crippen LogP contribution < -0.4 is 5.32 Å². The number of hydrogen-bond acceptors (Lipinski definition) is 3. The van der Waals surface area contributed by atoms with Crippen LogP contribution in [0.5, 0.6) is 0 Å². The third-order valence-corrected chi connectivity index (χ3v) is 3.85. The van der Waals surface area contributed by atoms with E-state index in [-0.39, 0.29) is 0 Å². The number of aromatic nitrogens is 2. The van der Waals surface area contributed by atoms with E-state index < -0.39 is 0 Å². The summed E-state index contributed by atoms with van der Waals surface area (Å²) in [5, 5.41) is 4.78. The van der Waals surface area contributed by atoms with E-state index in [1.807, 2.05) is 24.3 Å². The molecule has 2 rings (SSSR count). The van der Waals surface area contributed by atoms with Crippen molar-refractivity contribution in [2.45, 2.75) is 39.5 Å². The van der Waals surface area contributed by atoms with Gasteiger partial charge in [0.05, 0.1) is 5.52 Å². The van der Waals surface area contributed by atoms with E-state index in [2.05, 4.69) is 29.1 Å². The van der Waals surface area contributed by atoms with Gasteiger partial charge in [0.1, 0.15) is 5.82 Å². The Bertz CT molecular complexity index is 556. The molecule has 0 fully saturated rings. The van der Waals surface area contributed by atoms with Crippen LogP contribution in [0.1, 0.15) is 39.5 Å². The smallest absolute Gasteiger partial charge is 0.224 e. The second-order valence-electron chi connectivity index (χ2n) is 5.16. The molecule has 0 amide bonds. The summed E-state index contributed by atoms with van der Waals surface area (Å²) in [4.78, 5) is 8.58. The van der Waals surface area contributed by atoms with Crippen molar-refractivity contribution in [2.24, 2.45) is 5.92 Å². The Morgan fingerprint density at radius 2 is 2.00 bits per heavy atom. The first-order chi connectivity index (χ1) is 9.74. The number of benzene rings is 1. The number of unbranched alkanes of at least 4 members (excludes halogenated alkanes) is 1. The van der Waals surface area contributed by atoms with Crippen LogP contribution >= 0.6 is 11.6 Å². The lowest BCUT2D eigenvalue weighted by molar-refractivity contribution is 0.472. The number of anilines is 1. The summed E-state index contributed by atoms with van der Waals surface area (Å²) in [6, 6.07) is 7.95. The highest BCUT2D eigenvalue weighted by Gasteiger charge is 2.09. The molecule has 1 aromatic carbocycles. The molecule has 1 N–H and O–H groups in total. The number of para-hydroxylation sites is 1. The molecule has 0 aliphatic heterocycles. The zero-order chi connectivity index (χ0) is 14.4. The molecular formula is C16H22ClN3. The highest BCUT2D eigenvalue weighted by atomic mass is 35.5. The predicted octanol–water partition coefficient (Wildman–Crippen LogP) is 4.91. The van der Waals surface area contributed by atoms with Gasteiger partial charge in [-0.1, -0.05) is 45.2 Å². The van der Waals surface area contributed by atoms with Crippen LogP contribution in [-0.4, -0.2) is 16.5 Å². The monoisotopic (exact) mass is 291 g/mol. The standard InChI is InChI=1S/C16H22ClN3/c1-3-5-8-12(4-2)11-18-15-13-9-6-7-10-14(13)19-16(17)20-15/h6-7,9-10,12H,3-5,8,11H2,1-2H3,(H,18,19,20). The fourth-order valence-electron chi connectivity index (χ4n) is 2.37. The van der Waals surface area contributed by atoms with Gasteiger partial charge in [-0.2, -0.15) is 0 Å². The lowest BCUT2D eigenvalue weighted by Crippen LogP contribution is -2.15. The molecule has 0 spiro atoms. The summed E-state index contributed by atoms with van der Waals surface area (Å²) in [6.45, 7) is 5.42.